The summed E-state index contributed by atoms with van der Waals surface area (Å²) in [5.74, 6) is 0.539. The van der Waals surface area contributed by atoms with Crippen molar-refractivity contribution in [2.24, 2.45) is 4.99 Å². The van der Waals surface area contributed by atoms with Crippen molar-refractivity contribution in [1.82, 2.24) is 4.90 Å². The normalized spacial score (nSPS) is 15.2. The maximum Gasteiger partial charge on any atom is 0.338 e. The summed E-state index contributed by atoms with van der Waals surface area (Å²) in [5, 5.41) is 1.15. The molecule has 0 bridgehead atoms. The lowest BCUT2D eigenvalue weighted by molar-refractivity contribution is -0.121. The number of hydrogen-bond acceptors (Lipinski definition) is 7. The van der Waals surface area contributed by atoms with Crippen molar-refractivity contribution in [3.63, 3.8) is 0 Å². The highest BCUT2D eigenvalue weighted by atomic mass is 79.9. The van der Waals surface area contributed by atoms with Crippen LogP contribution >= 0.6 is 39.3 Å². The van der Waals surface area contributed by atoms with Crippen molar-refractivity contribution >= 4 is 68.1 Å². The molecule has 202 valence electrons. The number of esters is 1. The monoisotopic (exact) mass is 628 g/mol. The summed E-state index contributed by atoms with van der Waals surface area (Å²) >= 11 is 11.1. The highest BCUT2D eigenvalue weighted by Gasteiger charge is 2.30. The molecule has 0 N–H and O–H groups in total. The molecule has 3 aromatic carbocycles. The second-order valence-corrected chi connectivity index (χ2v) is 10.6. The zero-order chi connectivity index (χ0) is 27.9. The SMILES string of the molecule is CCOC(=O)c1ccc(N=C2S/C(=C\c3cc(Br)c(OCc4ccccc4Cl)c(OCC)c3)C(=O)N2C)cc1. The van der Waals surface area contributed by atoms with Gasteiger partial charge in [0.15, 0.2) is 16.7 Å². The number of hydrogen-bond donors (Lipinski definition) is 0. The Labute approximate surface area is 244 Å². The standard InChI is InChI=1S/C29H26BrClN2O5S/c1-4-36-24-15-18(14-22(30)26(24)38-17-20-8-6-7-9-23(20)31)16-25-27(34)33(3)29(39-25)32-21-12-10-19(11-13-21)28(35)37-5-2/h6-16H,4-5,17H2,1-3H3/b25-16-,32-29?. The quantitative estimate of drug-likeness (QED) is 0.180. The van der Waals surface area contributed by atoms with Crippen LogP contribution in [0.2, 0.25) is 5.02 Å². The number of likely N-dealkylation sites (N-methyl/N-ethyl adjacent to an activating group) is 1. The lowest BCUT2D eigenvalue weighted by atomic mass is 10.1. The van der Waals surface area contributed by atoms with Gasteiger partial charge in [0.25, 0.3) is 5.91 Å². The highest BCUT2D eigenvalue weighted by molar-refractivity contribution is 9.10. The van der Waals surface area contributed by atoms with Crippen LogP contribution in [-0.2, 0) is 16.1 Å². The average Bonchev–Trinajstić information content (AvgIpc) is 3.17. The first kappa shape index (κ1) is 28.7. The number of halogens is 2. The number of amidine groups is 1. The largest absolute Gasteiger partial charge is 0.490 e. The number of ether oxygens (including phenoxy) is 3. The lowest BCUT2D eigenvalue weighted by Crippen LogP contribution is -2.23. The van der Waals surface area contributed by atoms with Gasteiger partial charge in [-0.2, -0.15) is 0 Å². The van der Waals surface area contributed by atoms with Crippen LogP contribution in [0.4, 0.5) is 5.69 Å². The number of thioether (sulfide) groups is 1. The third-order valence-corrected chi connectivity index (χ3v) is 7.58. The summed E-state index contributed by atoms with van der Waals surface area (Å²) < 4.78 is 17.6. The minimum atomic E-state index is -0.387. The van der Waals surface area contributed by atoms with E-state index >= 15 is 0 Å². The van der Waals surface area contributed by atoms with E-state index in [4.69, 9.17) is 25.8 Å². The fourth-order valence-electron chi connectivity index (χ4n) is 3.64. The molecule has 1 aliphatic heterocycles. The summed E-state index contributed by atoms with van der Waals surface area (Å²) in [7, 11) is 1.68. The molecule has 10 heteroatoms. The minimum Gasteiger partial charge on any atom is -0.490 e. The lowest BCUT2D eigenvalue weighted by Gasteiger charge is -2.15. The first-order valence-corrected chi connectivity index (χ1v) is 14.2. The van der Waals surface area contributed by atoms with Gasteiger partial charge in [0.05, 0.1) is 33.8 Å². The van der Waals surface area contributed by atoms with Crippen molar-refractivity contribution in [3.05, 3.63) is 91.8 Å². The summed E-state index contributed by atoms with van der Waals surface area (Å²) in [6, 6.07) is 17.9. The molecule has 3 aromatic rings. The summed E-state index contributed by atoms with van der Waals surface area (Å²) in [4.78, 5) is 31.5. The highest BCUT2D eigenvalue weighted by Crippen LogP contribution is 2.40. The fraction of sp³-hybridized carbons (Fsp3) is 0.207. The van der Waals surface area contributed by atoms with Gasteiger partial charge >= 0.3 is 5.97 Å². The molecule has 0 saturated carbocycles. The molecule has 1 amide bonds. The Kier molecular flexibility index (Phi) is 9.72. The number of rotatable bonds is 9. The maximum absolute atomic E-state index is 13.0. The minimum absolute atomic E-state index is 0.171. The molecule has 0 atom stereocenters. The van der Waals surface area contributed by atoms with Gasteiger partial charge < -0.3 is 14.2 Å². The Balaban J connectivity index is 1.55. The zero-order valence-corrected chi connectivity index (χ0v) is 24.7. The van der Waals surface area contributed by atoms with E-state index in [2.05, 4.69) is 20.9 Å². The number of benzene rings is 3. The molecule has 0 spiro atoms. The smallest absolute Gasteiger partial charge is 0.338 e. The van der Waals surface area contributed by atoms with E-state index in [1.165, 1.54) is 16.7 Å². The molecule has 0 aliphatic carbocycles. The Morgan fingerprint density at radius 2 is 1.82 bits per heavy atom. The van der Waals surface area contributed by atoms with Gasteiger partial charge in [0.1, 0.15) is 6.61 Å². The van der Waals surface area contributed by atoms with Gasteiger partial charge in [-0.1, -0.05) is 29.8 Å². The van der Waals surface area contributed by atoms with E-state index in [0.29, 0.717) is 55.5 Å². The van der Waals surface area contributed by atoms with E-state index in [9.17, 15) is 9.59 Å². The molecule has 0 radical (unpaired) electrons. The zero-order valence-electron chi connectivity index (χ0n) is 21.6. The Bertz CT molecular complexity index is 1440. The van der Waals surface area contributed by atoms with Crippen LogP contribution in [0.15, 0.2) is 75.0 Å². The first-order chi connectivity index (χ1) is 18.8. The van der Waals surface area contributed by atoms with Crippen LogP contribution in [0.3, 0.4) is 0 Å². The van der Waals surface area contributed by atoms with Gasteiger partial charge in [-0.05, 0) is 95.6 Å². The van der Waals surface area contributed by atoms with Crippen LogP contribution in [0.25, 0.3) is 6.08 Å². The molecule has 7 nitrogen and oxygen atoms in total. The van der Waals surface area contributed by atoms with Crippen LogP contribution < -0.4 is 9.47 Å². The summed E-state index contributed by atoms with van der Waals surface area (Å²) in [6.07, 6.45) is 1.79. The molecule has 1 aliphatic rings. The van der Waals surface area contributed by atoms with Crippen LogP contribution in [0, 0.1) is 0 Å². The number of amides is 1. The van der Waals surface area contributed by atoms with Gasteiger partial charge in [-0.25, -0.2) is 9.79 Å². The van der Waals surface area contributed by atoms with Gasteiger partial charge in [-0.15, -0.1) is 0 Å². The molecule has 0 unspecified atom stereocenters. The summed E-state index contributed by atoms with van der Waals surface area (Å²) in [5.41, 5.74) is 2.69. The molecule has 1 saturated heterocycles. The van der Waals surface area contributed by atoms with Crippen molar-refractivity contribution in [3.8, 4) is 11.5 Å². The molecule has 0 aromatic heterocycles. The van der Waals surface area contributed by atoms with Crippen molar-refractivity contribution in [2.45, 2.75) is 20.5 Å². The second-order valence-electron chi connectivity index (χ2n) is 8.28. The molecule has 4 rings (SSSR count). The van der Waals surface area contributed by atoms with Crippen molar-refractivity contribution in [2.75, 3.05) is 20.3 Å². The number of aliphatic imine (C=N–C) groups is 1. The van der Waals surface area contributed by atoms with E-state index in [1.807, 2.05) is 43.3 Å². The van der Waals surface area contributed by atoms with Gasteiger partial charge in [0, 0.05) is 17.6 Å². The Hall–Kier alpha value is -3.27. The number of carbonyl (C=O) groups excluding carboxylic acids is 2. The second kappa shape index (κ2) is 13.2. The van der Waals surface area contributed by atoms with Crippen molar-refractivity contribution < 1.29 is 23.8 Å². The van der Waals surface area contributed by atoms with E-state index in [-0.39, 0.29) is 18.5 Å². The molecule has 39 heavy (non-hydrogen) atoms. The molecular formula is C29H26BrClN2O5S. The fourth-order valence-corrected chi connectivity index (χ4v) is 5.39. The molecule has 1 heterocycles. The van der Waals surface area contributed by atoms with E-state index < -0.39 is 0 Å². The Morgan fingerprint density at radius 1 is 1.08 bits per heavy atom. The van der Waals surface area contributed by atoms with Crippen LogP contribution in [0.5, 0.6) is 11.5 Å². The predicted molar refractivity (Wildman–Crippen MR) is 159 cm³/mol. The summed E-state index contributed by atoms with van der Waals surface area (Å²) in [6.45, 7) is 4.68. The first-order valence-electron chi connectivity index (χ1n) is 12.2. The Morgan fingerprint density at radius 3 is 2.51 bits per heavy atom. The van der Waals surface area contributed by atoms with Crippen LogP contribution in [0.1, 0.15) is 35.3 Å². The third-order valence-electron chi connectivity index (χ3n) is 5.57. The number of carbonyl (C=O) groups is 2. The predicted octanol–water partition coefficient (Wildman–Crippen LogP) is 7.49. The van der Waals surface area contributed by atoms with Gasteiger partial charge in [-0.3, -0.25) is 9.69 Å². The maximum atomic E-state index is 13.0. The van der Waals surface area contributed by atoms with E-state index in [0.717, 1.165) is 11.1 Å². The molecular weight excluding hydrogens is 604 g/mol. The van der Waals surface area contributed by atoms with E-state index in [1.54, 1.807) is 44.3 Å². The third kappa shape index (κ3) is 7.03. The topological polar surface area (TPSA) is 77.4 Å². The van der Waals surface area contributed by atoms with Crippen molar-refractivity contribution in [1.29, 1.82) is 0 Å². The number of nitrogens with zero attached hydrogens (tertiary/aromatic N) is 2. The van der Waals surface area contributed by atoms with Gasteiger partial charge in [0.2, 0.25) is 0 Å². The molecule has 1 fully saturated rings. The average molecular weight is 630 g/mol. The van der Waals surface area contributed by atoms with Crippen LogP contribution in [-0.4, -0.2) is 42.2 Å².